The number of nitrogens with zero attached hydrogens (tertiary/aromatic N) is 4. The first-order valence-corrected chi connectivity index (χ1v) is 7.14. The van der Waals surface area contributed by atoms with E-state index in [4.69, 9.17) is 0 Å². The molecular formula is C15H23N5. The molecule has 2 rings (SSSR count). The summed E-state index contributed by atoms with van der Waals surface area (Å²) in [6.07, 6.45) is 1.09. The molecule has 0 saturated carbocycles. The van der Waals surface area contributed by atoms with Crippen molar-refractivity contribution in [2.24, 2.45) is 0 Å². The molecule has 0 radical (unpaired) electrons. The van der Waals surface area contributed by atoms with Crippen molar-refractivity contribution in [3.63, 3.8) is 0 Å². The van der Waals surface area contributed by atoms with Gasteiger partial charge < -0.3 is 5.32 Å². The van der Waals surface area contributed by atoms with Crippen molar-refractivity contribution < 1.29 is 0 Å². The van der Waals surface area contributed by atoms with Gasteiger partial charge in [0.2, 0.25) is 0 Å². The molecule has 0 aliphatic heterocycles. The van der Waals surface area contributed by atoms with Crippen molar-refractivity contribution >= 4 is 0 Å². The van der Waals surface area contributed by atoms with Crippen LogP contribution in [0, 0.1) is 20.8 Å². The van der Waals surface area contributed by atoms with Crippen LogP contribution in [0.5, 0.6) is 0 Å². The van der Waals surface area contributed by atoms with E-state index < -0.39 is 0 Å². The lowest BCUT2D eigenvalue weighted by atomic mass is 10.0. The van der Waals surface area contributed by atoms with E-state index in [-0.39, 0.29) is 6.04 Å². The van der Waals surface area contributed by atoms with Gasteiger partial charge in [0, 0.05) is 0 Å². The zero-order valence-corrected chi connectivity index (χ0v) is 12.9. The summed E-state index contributed by atoms with van der Waals surface area (Å²) < 4.78 is 1.86. The molecule has 0 fully saturated rings. The van der Waals surface area contributed by atoms with Gasteiger partial charge in [0.15, 0.2) is 5.82 Å². The molecule has 0 aliphatic carbocycles. The highest BCUT2D eigenvalue weighted by molar-refractivity contribution is 5.49. The van der Waals surface area contributed by atoms with Crippen LogP contribution in [0.1, 0.15) is 48.8 Å². The van der Waals surface area contributed by atoms with Crippen LogP contribution in [-0.2, 0) is 0 Å². The Morgan fingerprint density at radius 3 is 2.45 bits per heavy atom. The van der Waals surface area contributed by atoms with Crippen LogP contribution in [0.2, 0.25) is 0 Å². The number of benzene rings is 1. The fraction of sp³-hybridized carbons (Fsp3) is 0.533. The van der Waals surface area contributed by atoms with Gasteiger partial charge in [-0.1, -0.05) is 24.6 Å². The molecule has 5 heteroatoms. The second-order valence-electron chi connectivity index (χ2n) is 5.37. The Morgan fingerprint density at radius 1 is 1.20 bits per heavy atom. The lowest BCUT2D eigenvalue weighted by Crippen LogP contribution is -2.23. The number of tetrazole rings is 1. The summed E-state index contributed by atoms with van der Waals surface area (Å²) >= 11 is 0. The maximum Gasteiger partial charge on any atom is 0.173 e. The number of aromatic nitrogens is 4. The second-order valence-corrected chi connectivity index (χ2v) is 5.37. The highest BCUT2D eigenvalue weighted by atomic mass is 15.5. The van der Waals surface area contributed by atoms with Gasteiger partial charge in [-0.3, -0.25) is 0 Å². The molecule has 1 aromatic carbocycles. The minimum absolute atomic E-state index is 0.130. The third-order valence-corrected chi connectivity index (χ3v) is 3.43. The molecule has 0 amide bonds. The van der Waals surface area contributed by atoms with Gasteiger partial charge in [0.05, 0.1) is 11.7 Å². The Labute approximate surface area is 120 Å². The molecule has 0 aliphatic rings. The molecule has 20 heavy (non-hydrogen) atoms. The van der Waals surface area contributed by atoms with Crippen LogP contribution in [0.15, 0.2) is 12.1 Å². The van der Waals surface area contributed by atoms with Crippen LogP contribution in [-0.4, -0.2) is 26.8 Å². The van der Waals surface area contributed by atoms with E-state index in [1.807, 2.05) is 4.68 Å². The first-order chi connectivity index (χ1) is 9.54. The third-order valence-electron chi connectivity index (χ3n) is 3.43. The van der Waals surface area contributed by atoms with Crippen LogP contribution >= 0.6 is 0 Å². The van der Waals surface area contributed by atoms with Crippen LogP contribution in [0.3, 0.4) is 0 Å². The average molecular weight is 273 g/mol. The first-order valence-electron chi connectivity index (χ1n) is 7.14. The lowest BCUT2D eigenvalue weighted by Gasteiger charge is -2.16. The highest BCUT2D eigenvalue weighted by Crippen LogP contribution is 2.22. The Balaban J connectivity index is 2.42. The van der Waals surface area contributed by atoms with Crippen molar-refractivity contribution in [1.82, 2.24) is 25.5 Å². The maximum atomic E-state index is 4.19. The number of nitrogens with one attached hydrogen (secondary N) is 1. The van der Waals surface area contributed by atoms with Gasteiger partial charge in [0.25, 0.3) is 0 Å². The summed E-state index contributed by atoms with van der Waals surface area (Å²) in [4.78, 5) is 0. The van der Waals surface area contributed by atoms with Gasteiger partial charge in [-0.15, -0.1) is 5.10 Å². The van der Waals surface area contributed by atoms with E-state index in [1.165, 1.54) is 16.7 Å². The zero-order valence-electron chi connectivity index (χ0n) is 12.9. The first kappa shape index (κ1) is 14.7. The van der Waals surface area contributed by atoms with E-state index in [9.17, 15) is 0 Å². The van der Waals surface area contributed by atoms with Gasteiger partial charge in [0.1, 0.15) is 0 Å². The monoisotopic (exact) mass is 273 g/mol. The second kappa shape index (κ2) is 6.13. The fourth-order valence-electron chi connectivity index (χ4n) is 2.58. The number of hydrogen-bond donors (Lipinski definition) is 1. The summed E-state index contributed by atoms with van der Waals surface area (Å²) in [6, 6.07) is 4.46. The molecule has 0 bridgehead atoms. The summed E-state index contributed by atoms with van der Waals surface area (Å²) in [5.41, 5.74) is 4.73. The number of hydrogen-bond acceptors (Lipinski definition) is 4. The van der Waals surface area contributed by atoms with Crippen LogP contribution < -0.4 is 5.32 Å². The van der Waals surface area contributed by atoms with Crippen molar-refractivity contribution in [1.29, 1.82) is 0 Å². The quantitative estimate of drug-likeness (QED) is 0.910. The molecule has 1 unspecified atom stereocenters. The zero-order chi connectivity index (χ0) is 14.7. The molecule has 0 spiro atoms. The molecular weight excluding hydrogens is 250 g/mol. The molecule has 2 aromatic rings. The summed E-state index contributed by atoms with van der Waals surface area (Å²) in [7, 11) is 0. The van der Waals surface area contributed by atoms with Gasteiger partial charge in [-0.05, 0) is 62.2 Å². The van der Waals surface area contributed by atoms with Crippen LogP contribution in [0.4, 0.5) is 0 Å². The molecule has 108 valence electrons. The Kier molecular flexibility index (Phi) is 4.49. The predicted octanol–water partition coefficient (Wildman–Crippen LogP) is 2.65. The molecule has 1 N–H and O–H groups in total. The van der Waals surface area contributed by atoms with Gasteiger partial charge in [-0.2, -0.15) is 4.68 Å². The Bertz CT molecular complexity index is 565. The van der Waals surface area contributed by atoms with Crippen molar-refractivity contribution in [2.45, 2.75) is 47.1 Å². The maximum absolute atomic E-state index is 4.19. The summed E-state index contributed by atoms with van der Waals surface area (Å²) in [6.45, 7) is 11.5. The van der Waals surface area contributed by atoms with Crippen molar-refractivity contribution in [2.75, 3.05) is 6.54 Å². The highest BCUT2D eigenvalue weighted by Gasteiger charge is 2.17. The molecule has 0 saturated heterocycles. The van der Waals surface area contributed by atoms with Crippen LogP contribution in [0.25, 0.3) is 5.69 Å². The van der Waals surface area contributed by atoms with E-state index in [0.29, 0.717) is 0 Å². The van der Waals surface area contributed by atoms with Crippen molar-refractivity contribution in [3.05, 3.63) is 34.6 Å². The molecule has 5 nitrogen and oxygen atoms in total. The SMILES string of the molecule is CCCNC(C)c1nnnn1-c1c(C)cc(C)cc1C. The van der Waals surface area contributed by atoms with E-state index in [2.05, 4.69) is 67.6 Å². The van der Waals surface area contributed by atoms with E-state index in [1.54, 1.807) is 0 Å². The largest absolute Gasteiger partial charge is 0.307 e. The minimum atomic E-state index is 0.130. The summed E-state index contributed by atoms with van der Waals surface area (Å²) in [5, 5.41) is 15.7. The fourth-order valence-corrected chi connectivity index (χ4v) is 2.58. The van der Waals surface area contributed by atoms with E-state index >= 15 is 0 Å². The predicted molar refractivity (Wildman–Crippen MR) is 80.1 cm³/mol. The summed E-state index contributed by atoms with van der Waals surface area (Å²) in [5.74, 6) is 0.855. The minimum Gasteiger partial charge on any atom is -0.307 e. The standard InChI is InChI=1S/C15H23N5/c1-6-7-16-13(5)15-17-18-19-20(15)14-11(3)8-10(2)9-12(14)4/h8-9,13,16H,6-7H2,1-5H3. The smallest absolute Gasteiger partial charge is 0.173 e. The van der Waals surface area contributed by atoms with E-state index in [0.717, 1.165) is 24.5 Å². The third kappa shape index (κ3) is 2.88. The number of rotatable bonds is 5. The Hall–Kier alpha value is -1.75. The normalized spacial score (nSPS) is 12.7. The topological polar surface area (TPSA) is 55.6 Å². The average Bonchev–Trinajstić information content (AvgIpc) is 2.83. The number of aryl methyl sites for hydroxylation is 3. The molecule has 1 atom stereocenters. The lowest BCUT2D eigenvalue weighted by molar-refractivity contribution is 0.530. The van der Waals surface area contributed by atoms with Gasteiger partial charge >= 0.3 is 0 Å². The molecule has 1 heterocycles. The van der Waals surface area contributed by atoms with Crippen molar-refractivity contribution in [3.8, 4) is 5.69 Å². The van der Waals surface area contributed by atoms with Gasteiger partial charge in [-0.25, -0.2) is 0 Å². The Morgan fingerprint density at radius 2 is 1.85 bits per heavy atom. The molecule has 1 aromatic heterocycles.